The predicted octanol–water partition coefficient (Wildman–Crippen LogP) is 3.41. The number of carbonyl (C=O) groups excluding carboxylic acids is 2. The quantitative estimate of drug-likeness (QED) is 0.602. The fourth-order valence-corrected chi connectivity index (χ4v) is 5.49. The topological polar surface area (TPSA) is 83.8 Å². The Labute approximate surface area is 147 Å². The van der Waals surface area contributed by atoms with Crippen molar-refractivity contribution in [2.24, 2.45) is 11.3 Å². The minimum atomic E-state index is -1.03. The molecule has 1 heterocycles. The maximum absolute atomic E-state index is 13.1. The lowest BCUT2D eigenvalue weighted by Crippen LogP contribution is -2.54. The van der Waals surface area contributed by atoms with Crippen LogP contribution in [0.2, 0.25) is 0 Å². The summed E-state index contributed by atoms with van der Waals surface area (Å²) < 4.78 is 5.57. The number of rotatable bonds is 1. The highest BCUT2D eigenvalue weighted by Gasteiger charge is 2.70. The maximum atomic E-state index is 13.1. The minimum absolute atomic E-state index is 0.0590. The second kappa shape index (κ2) is 4.77. The zero-order valence-electron chi connectivity index (χ0n) is 15.0. The second-order valence-corrected chi connectivity index (χ2v) is 8.72. The smallest absolute Gasteiger partial charge is 0.317 e. The lowest BCUT2D eigenvalue weighted by molar-refractivity contribution is -0.144. The number of phenolic OH excluding ortho intramolecular Hbond substituents is 2. The van der Waals surface area contributed by atoms with Crippen LogP contribution in [0.15, 0.2) is 6.07 Å². The third-order valence-corrected chi connectivity index (χ3v) is 6.56. The Hall–Kier alpha value is -2.04. The molecule has 3 atom stereocenters. The Morgan fingerprint density at radius 3 is 2.48 bits per heavy atom. The van der Waals surface area contributed by atoms with Crippen LogP contribution in [-0.4, -0.2) is 28.1 Å². The number of Topliss-reactive ketones (excluding diaryl/α,β-unsaturated/α-hetero) is 1. The summed E-state index contributed by atoms with van der Waals surface area (Å²) in [6.07, 6.45) is 1.45. The van der Waals surface area contributed by atoms with Crippen LogP contribution in [-0.2, 0) is 14.9 Å². The Kier molecular flexibility index (Phi) is 3.14. The van der Waals surface area contributed by atoms with Crippen LogP contribution in [0.25, 0.3) is 0 Å². The molecule has 2 N–H and O–H groups in total. The third kappa shape index (κ3) is 1.79. The zero-order chi connectivity index (χ0) is 18.3. The van der Waals surface area contributed by atoms with Crippen molar-refractivity contribution in [3.8, 4) is 11.5 Å². The van der Waals surface area contributed by atoms with E-state index in [1.807, 2.05) is 13.8 Å². The monoisotopic (exact) mass is 344 g/mol. The van der Waals surface area contributed by atoms with Crippen molar-refractivity contribution < 1.29 is 24.5 Å². The molecule has 0 amide bonds. The van der Waals surface area contributed by atoms with E-state index in [4.69, 9.17) is 4.74 Å². The molecule has 1 aliphatic heterocycles. The molecule has 1 aromatic carbocycles. The van der Waals surface area contributed by atoms with Crippen molar-refractivity contribution in [2.75, 3.05) is 0 Å². The molecular weight excluding hydrogens is 320 g/mol. The third-order valence-electron chi connectivity index (χ3n) is 6.56. The molecule has 25 heavy (non-hydrogen) atoms. The Morgan fingerprint density at radius 1 is 1.16 bits per heavy atom. The van der Waals surface area contributed by atoms with Gasteiger partial charge in [-0.3, -0.25) is 9.59 Å². The highest BCUT2D eigenvalue weighted by atomic mass is 16.6. The van der Waals surface area contributed by atoms with E-state index in [9.17, 15) is 19.8 Å². The maximum Gasteiger partial charge on any atom is 0.317 e. The van der Waals surface area contributed by atoms with E-state index in [-0.39, 0.29) is 40.1 Å². The van der Waals surface area contributed by atoms with Crippen LogP contribution in [0, 0.1) is 11.3 Å². The number of ketones is 1. The van der Waals surface area contributed by atoms with Crippen LogP contribution < -0.4 is 0 Å². The number of benzene rings is 1. The van der Waals surface area contributed by atoms with Crippen molar-refractivity contribution in [2.45, 2.75) is 64.4 Å². The molecule has 2 bridgehead atoms. The van der Waals surface area contributed by atoms with Crippen molar-refractivity contribution in [1.82, 2.24) is 0 Å². The van der Waals surface area contributed by atoms with E-state index in [1.54, 1.807) is 6.07 Å². The van der Waals surface area contributed by atoms with Crippen molar-refractivity contribution >= 4 is 11.8 Å². The number of hydrogen-bond donors (Lipinski definition) is 2. The summed E-state index contributed by atoms with van der Waals surface area (Å²) >= 11 is 0. The molecule has 0 aromatic heterocycles. The number of esters is 1. The summed E-state index contributed by atoms with van der Waals surface area (Å²) in [6, 6.07) is 1.64. The summed E-state index contributed by atoms with van der Waals surface area (Å²) in [5.74, 6) is -1.61. The fraction of sp³-hybridized carbons (Fsp3) is 0.600. The molecule has 134 valence electrons. The molecule has 2 fully saturated rings. The van der Waals surface area contributed by atoms with Gasteiger partial charge in [-0.05, 0) is 30.2 Å². The number of fused-ring (bicyclic) bond motifs is 1. The van der Waals surface area contributed by atoms with Gasteiger partial charge in [0.15, 0.2) is 17.6 Å². The number of aromatic hydroxyl groups is 2. The molecule has 1 saturated carbocycles. The number of phenols is 2. The first kappa shape index (κ1) is 16.4. The number of carbonyl (C=O) groups is 2. The fourth-order valence-electron chi connectivity index (χ4n) is 5.49. The zero-order valence-corrected chi connectivity index (χ0v) is 15.0. The van der Waals surface area contributed by atoms with Crippen LogP contribution in [0.3, 0.4) is 0 Å². The molecule has 0 unspecified atom stereocenters. The molecule has 1 aromatic rings. The van der Waals surface area contributed by atoms with Crippen LogP contribution in [0.5, 0.6) is 11.5 Å². The largest absolute Gasteiger partial charge is 0.504 e. The van der Waals surface area contributed by atoms with Gasteiger partial charge in [0.2, 0.25) is 5.78 Å². The molecule has 1 saturated heterocycles. The first-order valence-corrected chi connectivity index (χ1v) is 8.97. The van der Waals surface area contributed by atoms with Gasteiger partial charge in [-0.1, -0.05) is 34.1 Å². The first-order chi connectivity index (χ1) is 11.6. The van der Waals surface area contributed by atoms with Crippen LogP contribution >= 0.6 is 0 Å². The standard InChI is InChI=1S/C20H24O5/c1-9(2)10-8-11-12(15(23)13(10)21)20-7-5-6-19(3,4)17(20)16(14(11)22)25-18(20)24/h8-9,16-17,21,23H,5-7H2,1-4H3/t16-,17-,20+/m1/s1. The van der Waals surface area contributed by atoms with Crippen molar-refractivity contribution in [3.63, 3.8) is 0 Å². The molecule has 5 nitrogen and oxygen atoms in total. The average molecular weight is 344 g/mol. The number of ether oxygens (including phenoxy) is 1. The van der Waals surface area contributed by atoms with Gasteiger partial charge in [0.05, 0.1) is 0 Å². The Morgan fingerprint density at radius 2 is 1.84 bits per heavy atom. The molecule has 2 aliphatic carbocycles. The lowest BCUT2D eigenvalue weighted by Gasteiger charge is -2.49. The molecule has 5 heteroatoms. The summed E-state index contributed by atoms with van der Waals surface area (Å²) in [4.78, 5) is 26.1. The number of hydrogen-bond acceptors (Lipinski definition) is 5. The predicted molar refractivity (Wildman–Crippen MR) is 90.9 cm³/mol. The van der Waals surface area contributed by atoms with Gasteiger partial charge in [0.25, 0.3) is 0 Å². The molecular formula is C20H24O5. The summed E-state index contributed by atoms with van der Waals surface area (Å²) in [5.41, 5.74) is -0.158. The Balaban J connectivity index is 2.08. The van der Waals surface area contributed by atoms with E-state index in [2.05, 4.69) is 13.8 Å². The van der Waals surface area contributed by atoms with Gasteiger partial charge >= 0.3 is 5.97 Å². The van der Waals surface area contributed by atoms with Gasteiger partial charge < -0.3 is 14.9 Å². The first-order valence-electron chi connectivity index (χ1n) is 8.97. The van der Waals surface area contributed by atoms with Crippen molar-refractivity contribution in [3.05, 3.63) is 22.8 Å². The molecule has 3 aliphatic rings. The van der Waals surface area contributed by atoms with Gasteiger partial charge in [-0.25, -0.2) is 0 Å². The van der Waals surface area contributed by atoms with Crippen LogP contribution in [0.4, 0.5) is 0 Å². The second-order valence-electron chi connectivity index (χ2n) is 8.72. The summed E-state index contributed by atoms with van der Waals surface area (Å²) in [5, 5.41) is 21.3. The van der Waals surface area contributed by atoms with Gasteiger partial charge in [-0.15, -0.1) is 0 Å². The van der Waals surface area contributed by atoms with E-state index < -0.39 is 17.5 Å². The highest BCUT2D eigenvalue weighted by molar-refractivity contribution is 6.10. The molecule has 4 rings (SSSR count). The van der Waals surface area contributed by atoms with E-state index in [1.165, 1.54) is 0 Å². The van der Waals surface area contributed by atoms with Crippen LogP contribution in [0.1, 0.15) is 74.4 Å². The molecule has 0 spiro atoms. The van der Waals surface area contributed by atoms with E-state index in [0.717, 1.165) is 12.8 Å². The Bertz CT molecular complexity index is 807. The minimum Gasteiger partial charge on any atom is -0.504 e. The average Bonchev–Trinajstić information content (AvgIpc) is 2.79. The summed E-state index contributed by atoms with van der Waals surface area (Å²) in [6.45, 7) is 7.88. The van der Waals surface area contributed by atoms with Crippen molar-refractivity contribution in [1.29, 1.82) is 0 Å². The summed E-state index contributed by atoms with van der Waals surface area (Å²) in [7, 11) is 0. The molecule has 0 radical (unpaired) electrons. The van der Waals surface area contributed by atoms with Gasteiger partial charge in [-0.2, -0.15) is 0 Å². The van der Waals surface area contributed by atoms with Gasteiger partial charge in [0.1, 0.15) is 5.41 Å². The van der Waals surface area contributed by atoms with E-state index >= 15 is 0 Å². The van der Waals surface area contributed by atoms with Gasteiger partial charge in [0, 0.05) is 22.6 Å². The van der Waals surface area contributed by atoms with E-state index in [0.29, 0.717) is 17.5 Å². The SMILES string of the molecule is CC(C)c1cc2c(c(O)c1O)[C@@]13CCCC(C)(C)[C@H]1[C@H](OC3=O)C2=O. The lowest BCUT2D eigenvalue weighted by atomic mass is 9.49. The highest BCUT2D eigenvalue weighted by Crippen LogP contribution is 2.64. The normalized spacial score (nSPS) is 32.4.